The van der Waals surface area contributed by atoms with Crippen molar-refractivity contribution >= 4 is 5.91 Å². The Kier molecular flexibility index (Phi) is 6.24. The van der Waals surface area contributed by atoms with Gasteiger partial charge in [-0.2, -0.15) is 0 Å². The molecule has 0 aliphatic heterocycles. The van der Waals surface area contributed by atoms with Crippen molar-refractivity contribution in [3.05, 3.63) is 35.4 Å². The quantitative estimate of drug-likeness (QED) is 0.578. The van der Waals surface area contributed by atoms with E-state index in [-0.39, 0.29) is 12.5 Å². The molecule has 0 saturated carbocycles. The summed E-state index contributed by atoms with van der Waals surface area (Å²) < 4.78 is 5.03. The molecule has 1 amide bonds. The van der Waals surface area contributed by atoms with Gasteiger partial charge in [-0.05, 0) is 17.7 Å². The SMILES string of the molecule is NCc1cccc(C(=O)NCCOCCO)c1. The summed E-state index contributed by atoms with van der Waals surface area (Å²) in [5.74, 6) is -0.145. The molecule has 4 N–H and O–H groups in total. The van der Waals surface area contributed by atoms with Crippen molar-refractivity contribution in [2.75, 3.05) is 26.4 Å². The molecule has 0 aromatic heterocycles. The number of ether oxygens (including phenoxy) is 1. The lowest BCUT2D eigenvalue weighted by atomic mass is 10.1. The molecule has 0 unspecified atom stereocenters. The molecule has 1 aromatic rings. The highest BCUT2D eigenvalue weighted by Gasteiger charge is 2.04. The van der Waals surface area contributed by atoms with Gasteiger partial charge in [0, 0.05) is 18.7 Å². The third-order valence-electron chi connectivity index (χ3n) is 2.19. The first kappa shape index (κ1) is 13.6. The van der Waals surface area contributed by atoms with E-state index in [2.05, 4.69) is 5.32 Å². The predicted octanol–water partition coefficient (Wildman–Crippen LogP) is -0.116. The summed E-state index contributed by atoms with van der Waals surface area (Å²) in [4.78, 5) is 11.7. The highest BCUT2D eigenvalue weighted by atomic mass is 16.5. The number of hydrogen-bond donors (Lipinski definition) is 3. The van der Waals surface area contributed by atoms with Crippen LogP contribution in [0.2, 0.25) is 0 Å². The van der Waals surface area contributed by atoms with Crippen LogP contribution >= 0.6 is 0 Å². The topological polar surface area (TPSA) is 84.6 Å². The maximum absolute atomic E-state index is 11.7. The summed E-state index contributed by atoms with van der Waals surface area (Å²) >= 11 is 0. The first-order chi connectivity index (χ1) is 8.27. The number of nitrogens with one attached hydrogen (secondary N) is 1. The van der Waals surface area contributed by atoms with Crippen molar-refractivity contribution in [2.45, 2.75) is 6.54 Å². The van der Waals surface area contributed by atoms with E-state index in [4.69, 9.17) is 15.6 Å². The number of rotatable bonds is 7. The fraction of sp³-hybridized carbons (Fsp3) is 0.417. The Morgan fingerprint density at radius 3 is 2.94 bits per heavy atom. The molecule has 17 heavy (non-hydrogen) atoms. The molecule has 94 valence electrons. The number of aliphatic hydroxyl groups excluding tert-OH is 1. The van der Waals surface area contributed by atoms with E-state index >= 15 is 0 Å². The summed E-state index contributed by atoms with van der Waals surface area (Å²) in [6.45, 7) is 1.51. The number of carbonyl (C=O) groups is 1. The second-order valence-electron chi connectivity index (χ2n) is 3.50. The van der Waals surface area contributed by atoms with Gasteiger partial charge in [-0.3, -0.25) is 4.79 Å². The fourth-order valence-electron chi connectivity index (χ4n) is 1.34. The lowest BCUT2D eigenvalue weighted by molar-refractivity contribution is 0.0838. The average molecular weight is 238 g/mol. The van der Waals surface area contributed by atoms with Crippen LogP contribution in [0.25, 0.3) is 0 Å². The number of hydrogen-bond acceptors (Lipinski definition) is 4. The summed E-state index contributed by atoms with van der Waals surface area (Å²) in [5.41, 5.74) is 7.02. The van der Waals surface area contributed by atoms with E-state index in [0.29, 0.717) is 31.9 Å². The zero-order chi connectivity index (χ0) is 12.5. The van der Waals surface area contributed by atoms with Gasteiger partial charge in [-0.25, -0.2) is 0 Å². The highest BCUT2D eigenvalue weighted by molar-refractivity contribution is 5.94. The monoisotopic (exact) mass is 238 g/mol. The van der Waals surface area contributed by atoms with Gasteiger partial charge in [0.05, 0.1) is 19.8 Å². The van der Waals surface area contributed by atoms with Crippen LogP contribution in [0, 0.1) is 0 Å². The largest absolute Gasteiger partial charge is 0.394 e. The Hall–Kier alpha value is -1.43. The van der Waals surface area contributed by atoms with E-state index in [0.717, 1.165) is 5.56 Å². The van der Waals surface area contributed by atoms with Gasteiger partial charge in [0.1, 0.15) is 0 Å². The van der Waals surface area contributed by atoms with Gasteiger partial charge >= 0.3 is 0 Å². The Balaban J connectivity index is 2.36. The Morgan fingerprint density at radius 1 is 1.41 bits per heavy atom. The van der Waals surface area contributed by atoms with Gasteiger partial charge < -0.3 is 20.9 Å². The molecule has 0 atom stereocenters. The van der Waals surface area contributed by atoms with Crippen molar-refractivity contribution in [2.24, 2.45) is 5.73 Å². The van der Waals surface area contributed by atoms with Crippen LogP contribution in [0.3, 0.4) is 0 Å². The number of nitrogens with two attached hydrogens (primary N) is 1. The number of benzene rings is 1. The minimum atomic E-state index is -0.145. The molecule has 0 saturated heterocycles. The molecule has 5 heteroatoms. The van der Waals surface area contributed by atoms with Gasteiger partial charge in [0.25, 0.3) is 5.91 Å². The average Bonchev–Trinajstić information content (AvgIpc) is 2.38. The van der Waals surface area contributed by atoms with Crippen molar-refractivity contribution in [1.82, 2.24) is 5.32 Å². The van der Waals surface area contributed by atoms with E-state index in [1.54, 1.807) is 18.2 Å². The molecule has 0 aliphatic carbocycles. The third kappa shape index (κ3) is 4.95. The van der Waals surface area contributed by atoms with E-state index in [9.17, 15) is 4.79 Å². The van der Waals surface area contributed by atoms with Gasteiger partial charge in [-0.15, -0.1) is 0 Å². The molecule has 0 spiro atoms. The Labute approximate surface area is 101 Å². The third-order valence-corrected chi connectivity index (χ3v) is 2.19. The van der Waals surface area contributed by atoms with E-state index in [1.807, 2.05) is 6.07 Å². The van der Waals surface area contributed by atoms with Crippen LogP contribution in [0.4, 0.5) is 0 Å². The molecule has 0 aliphatic rings. The van der Waals surface area contributed by atoms with Crippen LogP contribution in [-0.2, 0) is 11.3 Å². The molecule has 0 fully saturated rings. The second kappa shape index (κ2) is 7.78. The Bertz CT molecular complexity index is 355. The van der Waals surface area contributed by atoms with Crippen LogP contribution < -0.4 is 11.1 Å². The van der Waals surface area contributed by atoms with Crippen molar-refractivity contribution in [3.63, 3.8) is 0 Å². The summed E-state index contributed by atoms with van der Waals surface area (Å²) in [6.07, 6.45) is 0. The zero-order valence-corrected chi connectivity index (χ0v) is 9.69. The number of carbonyl (C=O) groups excluding carboxylic acids is 1. The molecule has 5 nitrogen and oxygen atoms in total. The van der Waals surface area contributed by atoms with Gasteiger partial charge in [0.2, 0.25) is 0 Å². The molecule has 0 bridgehead atoms. The number of amides is 1. The number of aliphatic hydroxyl groups is 1. The lowest BCUT2D eigenvalue weighted by Crippen LogP contribution is -2.27. The maximum Gasteiger partial charge on any atom is 0.251 e. The molecular formula is C12H18N2O3. The van der Waals surface area contributed by atoms with Crippen molar-refractivity contribution < 1.29 is 14.6 Å². The zero-order valence-electron chi connectivity index (χ0n) is 9.69. The molecule has 1 aromatic carbocycles. The van der Waals surface area contributed by atoms with Crippen LogP contribution in [-0.4, -0.2) is 37.4 Å². The molecule has 1 rings (SSSR count). The predicted molar refractivity (Wildman–Crippen MR) is 64.6 cm³/mol. The molecular weight excluding hydrogens is 220 g/mol. The van der Waals surface area contributed by atoms with E-state index in [1.165, 1.54) is 0 Å². The maximum atomic E-state index is 11.7. The van der Waals surface area contributed by atoms with Crippen molar-refractivity contribution in [1.29, 1.82) is 0 Å². The minimum Gasteiger partial charge on any atom is -0.394 e. The summed E-state index contributed by atoms with van der Waals surface area (Å²) in [6, 6.07) is 7.19. The minimum absolute atomic E-state index is 0.00745. The smallest absolute Gasteiger partial charge is 0.251 e. The second-order valence-corrected chi connectivity index (χ2v) is 3.50. The fourth-order valence-corrected chi connectivity index (χ4v) is 1.34. The standard InChI is InChI=1S/C12H18N2O3/c13-9-10-2-1-3-11(8-10)12(16)14-4-6-17-7-5-15/h1-3,8,15H,4-7,9,13H2,(H,14,16). The normalized spacial score (nSPS) is 10.2. The van der Waals surface area contributed by atoms with Crippen LogP contribution in [0.5, 0.6) is 0 Å². The lowest BCUT2D eigenvalue weighted by Gasteiger charge is -2.06. The van der Waals surface area contributed by atoms with Crippen molar-refractivity contribution in [3.8, 4) is 0 Å². The Morgan fingerprint density at radius 2 is 2.24 bits per heavy atom. The van der Waals surface area contributed by atoms with Gasteiger partial charge in [0.15, 0.2) is 0 Å². The van der Waals surface area contributed by atoms with Crippen LogP contribution in [0.15, 0.2) is 24.3 Å². The van der Waals surface area contributed by atoms with Crippen LogP contribution in [0.1, 0.15) is 15.9 Å². The molecule has 0 radical (unpaired) electrons. The first-order valence-corrected chi connectivity index (χ1v) is 5.53. The van der Waals surface area contributed by atoms with E-state index < -0.39 is 0 Å². The molecule has 0 heterocycles. The first-order valence-electron chi connectivity index (χ1n) is 5.53. The summed E-state index contributed by atoms with van der Waals surface area (Å²) in [7, 11) is 0. The summed E-state index contributed by atoms with van der Waals surface area (Å²) in [5, 5.41) is 11.2. The highest BCUT2D eigenvalue weighted by Crippen LogP contribution is 2.04. The van der Waals surface area contributed by atoms with Gasteiger partial charge in [-0.1, -0.05) is 12.1 Å².